The summed E-state index contributed by atoms with van der Waals surface area (Å²) in [6.45, 7) is 6.42. The Balaban J connectivity index is 2.55. The van der Waals surface area contributed by atoms with Gasteiger partial charge in [0.15, 0.2) is 0 Å². The molecule has 0 aromatic heterocycles. The van der Waals surface area contributed by atoms with Crippen molar-refractivity contribution in [3.63, 3.8) is 0 Å². The molecule has 1 aliphatic rings. The molecule has 6 heteroatoms. The van der Waals surface area contributed by atoms with Gasteiger partial charge in [-0.3, -0.25) is 4.31 Å². The quantitative estimate of drug-likeness (QED) is 0.846. The van der Waals surface area contributed by atoms with E-state index in [1.807, 2.05) is 18.3 Å². The van der Waals surface area contributed by atoms with Gasteiger partial charge in [0.2, 0.25) is 5.96 Å². The fourth-order valence-corrected chi connectivity index (χ4v) is 3.78. The number of nitrogens with zero attached hydrogens (tertiary/aromatic N) is 2. The van der Waals surface area contributed by atoms with Crippen molar-refractivity contribution in [2.45, 2.75) is 24.1 Å². The standard InChI is InChI=1S/C16H22FN3OS/c1-5-11-6-7-12(17)10-13(11)16(2)14(8-9-21-4)22-20(3)15(18)19-16/h5-7,10,14H,1,8-9H2,2-4H3,(H2,18,19). The highest BCUT2D eigenvalue weighted by Gasteiger charge is 2.42. The number of hydrogen-bond acceptors (Lipinski definition) is 5. The highest BCUT2D eigenvalue weighted by Crippen LogP contribution is 2.44. The van der Waals surface area contributed by atoms with Crippen molar-refractivity contribution in [3.8, 4) is 0 Å². The molecule has 0 amide bonds. The Morgan fingerprint density at radius 3 is 2.95 bits per heavy atom. The summed E-state index contributed by atoms with van der Waals surface area (Å²) < 4.78 is 20.9. The van der Waals surface area contributed by atoms with Crippen LogP contribution in [0.3, 0.4) is 0 Å². The number of guanidine groups is 1. The number of benzene rings is 1. The van der Waals surface area contributed by atoms with E-state index in [0.29, 0.717) is 12.6 Å². The Morgan fingerprint density at radius 2 is 2.32 bits per heavy atom. The lowest BCUT2D eigenvalue weighted by atomic mass is 9.84. The first kappa shape index (κ1) is 16.8. The third-order valence-electron chi connectivity index (χ3n) is 3.95. The van der Waals surface area contributed by atoms with Gasteiger partial charge in [0.05, 0.1) is 5.25 Å². The monoisotopic (exact) mass is 323 g/mol. The molecule has 4 nitrogen and oxygen atoms in total. The minimum Gasteiger partial charge on any atom is -0.385 e. The van der Waals surface area contributed by atoms with Crippen molar-refractivity contribution >= 4 is 24.0 Å². The first-order valence-electron chi connectivity index (χ1n) is 7.09. The van der Waals surface area contributed by atoms with Crippen LogP contribution in [-0.2, 0) is 10.3 Å². The van der Waals surface area contributed by atoms with Gasteiger partial charge in [-0.05, 0) is 48.6 Å². The van der Waals surface area contributed by atoms with Gasteiger partial charge < -0.3 is 10.5 Å². The molecule has 1 aliphatic heterocycles. The third kappa shape index (κ3) is 3.13. The predicted octanol–water partition coefficient (Wildman–Crippen LogP) is 3.00. The van der Waals surface area contributed by atoms with Gasteiger partial charge in [-0.1, -0.05) is 18.7 Å². The topological polar surface area (TPSA) is 50.8 Å². The molecule has 2 rings (SSSR count). The maximum absolute atomic E-state index is 13.8. The summed E-state index contributed by atoms with van der Waals surface area (Å²) >= 11 is 1.60. The summed E-state index contributed by atoms with van der Waals surface area (Å²) in [5.74, 6) is 0.144. The van der Waals surface area contributed by atoms with Gasteiger partial charge in [-0.15, -0.1) is 0 Å². The number of methoxy groups -OCH3 is 1. The SMILES string of the molecule is C=Cc1ccc(F)cc1C1(C)N=C(N)N(C)SC1CCOC. The van der Waals surface area contributed by atoms with Crippen molar-refractivity contribution in [2.75, 3.05) is 20.8 Å². The average molecular weight is 323 g/mol. The smallest absolute Gasteiger partial charge is 0.202 e. The van der Waals surface area contributed by atoms with Crippen molar-refractivity contribution in [3.05, 3.63) is 41.7 Å². The summed E-state index contributed by atoms with van der Waals surface area (Å²) in [7, 11) is 3.55. The van der Waals surface area contributed by atoms with Gasteiger partial charge in [0, 0.05) is 20.8 Å². The number of nitrogens with two attached hydrogens (primary N) is 1. The summed E-state index contributed by atoms with van der Waals surface area (Å²) in [5.41, 5.74) is 7.05. The number of hydrogen-bond donors (Lipinski definition) is 1. The molecule has 120 valence electrons. The van der Waals surface area contributed by atoms with E-state index in [0.717, 1.165) is 17.5 Å². The molecule has 0 saturated carbocycles. The molecule has 0 bridgehead atoms. The van der Waals surface area contributed by atoms with Crippen LogP contribution in [0.4, 0.5) is 4.39 Å². The molecule has 1 aromatic rings. The van der Waals surface area contributed by atoms with E-state index in [9.17, 15) is 4.39 Å². The molecule has 0 aliphatic carbocycles. The van der Waals surface area contributed by atoms with Crippen LogP contribution in [0.2, 0.25) is 0 Å². The summed E-state index contributed by atoms with van der Waals surface area (Å²) in [5, 5.41) is 0.0882. The Bertz CT molecular complexity index is 593. The van der Waals surface area contributed by atoms with E-state index in [2.05, 4.69) is 11.6 Å². The first-order valence-corrected chi connectivity index (χ1v) is 7.93. The molecule has 2 unspecified atom stereocenters. The molecule has 1 heterocycles. The molecule has 2 N–H and O–H groups in total. The fraction of sp³-hybridized carbons (Fsp3) is 0.438. The number of ether oxygens (including phenoxy) is 1. The Labute approximate surface area is 135 Å². The van der Waals surface area contributed by atoms with Gasteiger partial charge in [0.25, 0.3) is 0 Å². The highest BCUT2D eigenvalue weighted by molar-refractivity contribution is 7.98. The molecule has 0 saturated heterocycles. The molecule has 1 aromatic carbocycles. The second-order valence-electron chi connectivity index (χ2n) is 5.43. The fourth-order valence-electron chi connectivity index (χ4n) is 2.67. The predicted molar refractivity (Wildman–Crippen MR) is 91.1 cm³/mol. The lowest BCUT2D eigenvalue weighted by molar-refractivity contribution is 0.186. The van der Waals surface area contributed by atoms with E-state index < -0.39 is 5.54 Å². The Morgan fingerprint density at radius 1 is 1.59 bits per heavy atom. The summed E-state index contributed by atoms with van der Waals surface area (Å²) in [6, 6.07) is 4.69. The van der Waals surface area contributed by atoms with Crippen LogP contribution in [0.5, 0.6) is 0 Å². The molecule has 22 heavy (non-hydrogen) atoms. The van der Waals surface area contributed by atoms with E-state index in [-0.39, 0.29) is 11.1 Å². The molecule has 0 spiro atoms. The average Bonchev–Trinajstić information content (AvgIpc) is 2.49. The van der Waals surface area contributed by atoms with Crippen LogP contribution >= 0.6 is 11.9 Å². The van der Waals surface area contributed by atoms with Crippen molar-refractivity contribution in [1.29, 1.82) is 0 Å². The summed E-state index contributed by atoms with van der Waals surface area (Å²) in [6.07, 6.45) is 2.51. The minimum atomic E-state index is -0.634. The zero-order chi connectivity index (χ0) is 16.3. The van der Waals surface area contributed by atoms with Gasteiger partial charge in [-0.2, -0.15) is 0 Å². The van der Waals surface area contributed by atoms with E-state index >= 15 is 0 Å². The maximum Gasteiger partial charge on any atom is 0.202 e. The summed E-state index contributed by atoms with van der Waals surface area (Å²) in [4.78, 5) is 4.68. The van der Waals surface area contributed by atoms with Crippen LogP contribution < -0.4 is 5.73 Å². The van der Waals surface area contributed by atoms with Crippen LogP contribution in [-0.4, -0.2) is 36.3 Å². The van der Waals surface area contributed by atoms with Crippen molar-refractivity contribution in [1.82, 2.24) is 4.31 Å². The van der Waals surface area contributed by atoms with Gasteiger partial charge in [0.1, 0.15) is 11.4 Å². The van der Waals surface area contributed by atoms with Crippen molar-refractivity contribution in [2.24, 2.45) is 10.7 Å². The molecule has 2 atom stereocenters. The number of aliphatic imine (C=N–C) groups is 1. The van der Waals surface area contributed by atoms with Crippen LogP contribution in [0.25, 0.3) is 6.08 Å². The second kappa shape index (κ2) is 6.71. The first-order chi connectivity index (χ1) is 10.4. The number of halogens is 1. The third-order valence-corrected chi connectivity index (χ3v) is 5.40. The van der Waals surface area contributed by atoms with E-state index in [1.54, 1.807) is 31.2 Å². The number of rotatable bonds is 5. The van der Waals surface area contributed by atoms with Crippen LogP contribution in [0, 0.1) is 5.82 Å². The van der Waals surface area contributed by atoms with Gasteiger partial charge in [-0.25, -0.2) is 9.38 Å². The lowest BCUT2D eigenvalue weighted by Gasteiger charge is -2.41. The Kier molecular flexibility index (Phi) is 5.13. The van der Waals surface area contributed by atoms with Crippen molar-refractivity contribution < 1.29 is 9.13 Å². The van der Waals surface area contributed by atoms with E-state index in [1.165, 1.54) is 12.1 Å². The zero-order valence-corrected chi connectivity index (χ0v) is 14.0. The molecule has 0 radical (unpaired) electrons. The van der Waals surface area contributed by atoms with Crippen LogP contribution in [0.15, 0.2) is 29.8 Å². The largest absolute Gasteiger partial charge is 0.385 e. The molecular weight excluding hydrogens is 301 g/mol. The van der Waals surface area contributed by atoms with E-state index in [4.69, 9.17) is 10.5 Å². The molecular formula is C16H22FN3OS. The lowest BCUT2D eigenvalue weighted by Crippen LogP contribution is -2.46. The second-order valence-corrected chi connectivity index (χ2v) is 6.75. The zero-order valence-electron chi connectivity index (χ0n) is 13.2. The minimum absolute atomic E-state index is 0.0882. The normalized spacial score (nSPS) is 25.0. The Hall–Kier alpha value is -1.53. The van der Waals surface area contributed by atoms with Gasteiger partial charge >= 0.3 is 0 Å². The molecule has 0 fully saturated rings. The van der Waals surface area contributed by atoms with Crippen LogP contribution in [0.1, 0.15) is 24.5 Å². The maximum atomic E-state index is 13.8. The highest BCUT2D eigenvalue weighted by atomic mass is 32.2.